The molecule has 1 heterocycles. The van der Waals surface area contributed by atoms with Crippen molar-refractivity contribution in [1.29, 1.82) is 0 Å². The maximum atomic E-state index is 12.5. The van der Waals surface area contributed by atoms with Crippen molar-refractivity contribution in [2.45, 2.75) is 44.3 Å². The minimum atomic E-state index is -4.36. The standard InChI is InChI=1S/C15H19F3N2O/c1-2-8-14(9-3-10-19-14)13(21)20-12-6-4-11(5-7-12)15(16,17)18/h4-7,19H,2-3,8-10H2,1H3,(H,20,21). The molecule has 21 heavy (non-hydrogen) atoms. The highest BCUT2D eigenvalue weighted by atomic mass is 19.4. The third-order valence-electron chi connectivity index (χ3n) is 3.83. The van der Waals surface area contributed by atoms with E-state index in [0.29, 0.717) is 5.69 Å². The Hall–Kier alpha value is -1.56. The van der Waals surface area contributed by atoms with E-state index in [1.807, 2.05) is 6.92 Å². The number of carbonyl (C=O) groups excluding carboxylic acids is 1. The van der Waals surface area contributed by atoms with Gasteiger partial charge >= 0.3 is 6.18 Å². The average Bonchev–Trinajstić information content (AvgIpc) is 2.89. The fourth-order valence-corrected chi connectivity index (χ4v) is 2.75. The first-order chi connectivity index (χ1) is 9.87. The molecule has 0 bridgehead atoms. The molecule has 116 valence electrons. The number of rotatable bonds is 4. The molecule has 3 nitrogen and oxygen atoms in total. The van der Waals surface area contributed by atoms with Gasteiger partial charge in [0.25, 0.3) is 0 Å². The molecule has 0 aromatic heterocycles. The smallest absolute Gasteiger partial charge is 0.324 e. The van der Waals surface area contributed by atoms with E-state index in [0.717, 1.165) is 44.4 Å². The molecule has 0 aliphatic carbocycles. The highest BCUT2D eigenvalue weighted by Crippen LogP contribution is 2.30. The van der Waals surface area contributed by atoms with Crippen molar-refractivity contribution in [1.82, 2.24) is 5.32 Å². The van der Waals surface area contributed by atoms with E-state index in [4.69, 9.17) is 0 Å². The van der Waals surface area contributed by atoms with Crippen LogP contribution in [0.15, 0.2) is 24.3 Å². The van der Waals surface area contributed by atoms with Crippen molar-refractivity contribution in [3.8, 4) is 0 Å². The van der Waals surface area contributed by atoms with Crippen LogP contribution in [0.2, 0.25) is 0 Å². The minimum absolute atomic E-state index is 0.165. The number of hydrogen-bond acceptors (Lipinski definition) is 2. The number of benzene rings is 1. The van der Waals surface area contributed by atoms with Gasteiger partial charge in [-0.3, -0.25) is 4.79 Å². The van der Waals surface area contributed by atoms with Gasteiger partial charge in [0.05, 0.1) is 11.1 Å². The van der Waals surface area contributed by atoms with Gasteiger partial charge in [-0.05, 0) is 50.1 Å². The Balaban J connectivity index is 2.08. The summed E-state index contributed by atoms with van der Waals surface area (Å²) < 4.78 is 37.5. The lowest BCUT2D eigenvalue weighted by molar-refractivity contribution is -0.137. The van der Waals surface area contributed by atoms with Gasteiger partial charge in [0, 0.05) is 5.69 Å². The molecule has 1 unspecified atom stereocenters. The van der Waals surface area contributed by atoms with Crippen molar-refractivity contribution in [3.05, 3.63) is 29.8 Å². The third kappa shape index (κ3) is 3.56. The van der Waals surface area contributed by atoms with Crippen LogP contribution < -0.4 is 10.6 Å². The van der Waals surface area contributed by atoms with Crippen molar-refractivity contribution in [3.63, 3.8) is 0 Å². The van der Waals surface area contributed by atoms with E-state index >= 15 is 0 Å². The molecule has 0 saturated carbocycles. The zero-order chi connectivity index (χ0) is 15.5. The number of alkyl halides is 3. The fourth-order valence-electron chi connectivity index (χ4n) is 2.75. The van der Waals surface area contributed by atoms with E-state index in [1.165, 1.54) is 12.1 Å². The summed E-state index contributed by atoms with van der Waals surface area (Å²) in [6.07, 6.45) is -1.08. The van der Waals surface area contributed by atoms with Crippen LogP contribution in [0.25, 0.3) is 0 Å². The second kappa shape index (κ2) is 6.05. The Kier molecular flexibility index (Phi) is 4.56. The lowest BCUT2D eigenvalue weighted by atomic mass is 9.90. The molecular formula is C15H19F3N2O. The zero-order valence-corrected chi connectivity index (χ0v) is 11.9. The summed E-state index contributed by atoms with van der Waals surface area (Å²) in [5, 5.41) is 5.95. The largest absolute Gasteiger partial charge is 0.416 e. The highest BCUT2D eigenvalue weighted by molar-refractivity contribution is 5.98. The van der Waals surface area contributed by atoms with Gasteiger partial charge in [0.15, 0.2) is 0 Å². The van der Waals surface area contributed by atoms with Gasteiger partial charge in [0.2, 0.25) is 5.91 Å². The van der Waals surface area contributed by atoms with Crippen LogP contribution >= 0.6 is 0 Å². The summed E-state index contributed by atoms with van der Waals surface area (Å²) in [6.45, 7) is 2.80. The SMILES string of the molecule is CCCC1(C(=O)Nc2ccc(C(F)(F)F)cc2)CCCN1. The first kappa shape index (κ1) is 15.8. The van der Waals surface area contributed by atoms with E-state index in [-0.39, 0.29) is 5.91 Å². The van der Waals surface area contributed by atoms with Gasteiger partial charge in [-0.2, -0.15) is 13.2 Å². The van der Waals surface area contributed by atoms with E-state index < -0.39 is 17.3 Å². The van der Waals surface area contributed by atoms with Crippen molar-refractivity contribution in [2.75, 3.05) is 11.9 Å². The quantitative estimate of drug-likeness (QED) is 0.892. The number of carbonyl (C=O) groups is 1. The van der Waals surface area contributed by atoms with Crippen LogP contribution in [0.5, 0.6) is 0 Å². The molecule has 1 aromatic carbocycles. The first-order valence-corrected chi connectivity index (χ1v) is 7.11. The van der Waals surface area contributed by atoms with Crippen LogP contribution in [0.3, 0.4) is 0 Å². The lowest BCUT2D eigenvalue weighted by Crippen LogP contribution is -2.50. The van der Waals surface area contributed by atoms with Gasteiger partial charge in [-0.1, -0.05) is 13.3 Å². The Bertz CT molecular complexity index is 491. The van der Waals surface area contributed by atoms with E-state index in [2.05, 4.69) is 10.6 Å². The Labute approximate surface area is 121 Å². The molecule has 1 amide bonds. The van der Waals surface area contributed by atoms with Crippen molar-refractivity contribution in [2.24, 2.45) is 0 Å². The molecule has 2 N–H and O–H groups in total. The molecular weight excluding hydrogens is 281 g/mol. The average molecular weight is 300 g/mol. The maximum Gasteiger partial charge on any atom is 0.416 e. The van der Waals surface area contributed by atoms with Gasteiger partial charge in [0.1, 0.15) is 0 Å². The molecule has 0 radical (unpaired) electrons. The molecule has 1 atom stereocenters. The predicted octanol–water partition coefficient (Wildman–Crippen LogP) is 3.57. The van der Waals surface area contributed by atoms with Crippen molar-refractivity contribution < 1.29 is 18.0 Å². The monoisotopic (exact) mass is 300 g/mol. The van der Waals surface area contributed by atoms with Crippen LogP contribution in [0.1, 0.15) is 38.2 Å². The second-order valence-electron chi connectivity index (χ2n) is 5.39. The van der Waals surface area contributed by atoms with Gasteiger partial charge in [-0.15, -0.1) is 0 Å². The number of halogens is 3. The normalized spacial score (nSPS) is 22.3. The van der Waals surface area contributed by atoms with E-state index in [9.17, 15) is 18.0 Å². The summed E-state index contributed by atoms with van der Waals surface area (Å²) >= 11 is 0. The molecule has 1 aliphatic heterocycles. The Morgan fingerprint density at radius 2 is 2.00 bits per heavy atom. The van der Waals surface area contributed by atoms with Crippen LogP contribution in [-0.4, -0.2) is 18.0 Å². The van der Waals surface area contributed by atoms with Crippen LogP contribution in [0, 0.1) is 0 Å². The molecule has 1 fully saturated rings. The summed E-state index contributed by atoms with van der Waals surface area (Å²) in [5.41, 5.74) is -0.919. The molecule has 1 aromatic rings. The number of hydrogen-bond donors (Lipinski definition) is 2. The van der Waals surface area contributed by atoms with Crippen LogP contribution in [-0.2, 0) is 11.0 Å². The summed E-state index contributed by atoms with van der Waals surface area (Å²) in [4.78, 5) is 12.4. The maximum absolute atomic E-state index is 12.5. The topological polar surface area (TPSA) is 41.1 Å². The molecule has 2 rings (SSSR count). The lowest BCUT2D eigenvalue weighted by Gasteiger charge is -2.27. The molecule has 0 spiro atoms. The Morgan fingerprint density at radius 3 is 2.48 bits per heavy atom. The molecule has 6 heteroatoms. The number of nitrogens with one attached hydrogen (secondary N) is 2. The summed E-state index contributed by atoms with van der Waals surface area (Å²) in [5.74, 6) is -0.165. The first-order valence-electron chi connectivity index (χ1n) is 7.11. The second-order valence-corrected chi connectivity index (χ2v) is 5.39. The third-order valence-corrected chi connectivity index (χ3v) is 3.83. The van der Waals surface area contributed by atoms with E-state index in [1.54, 1.807) is 0 Å². The van der Waals surface area contributed by atoms with Crippen LogP contribution in [0.4, 0.5) is 18.9 Å². The van der Waals surface area contributed by atoms with Crippen molar-refractivity contribution >= 4 is 11.6 Å². The molecule has 1 saturated heterocycles. The summed E-state index contributed by atoms with van der Waals surface area (Å²) in [6, 6.07) is 4.53. The van der Waals surface area contributed by atoms with Gasteiger partial charge < -0.3 is 10.6 Å². The fraction of sp³-hybridized carbons (Fsp3) is 0.533. The molecule has 1 aliphatic rings. The zero-order valence-electron chi connectivity index (χ0n) is 11.9. The summed E-state index contributed by atoms with van der Waals surface area (Å²) in [7, 11) is 0. The van der Waals surface area contributed by atoms with Gasteiger partial charge in [-0.25, -0.2) is 0 Å². The number of amides is 1. The minimum Gasteiger partial charge on any atom is -0.324 e. The highest BCUT2D eigenvalue weighted by Gasteiger charge is 2.40. The Morgan fingerprint density at radius 1 is 1.33 bits per heavy atom. The number of anilines is 1. The predicted molar refractivity (Wildman–Crippen MR) is 74.9 cm³/mol.